The van der Waals surface area contributed by atoms with Crippen LogP contribution in [0.5, 0.6) is 0 Å². The summed E-state index contributed by atoms with van der Waals surface area (Å²) in [6.07, 6.45) is 41.9. The van der Waals surface area contributed by atoms with Crippen molar-refractivity contribution in [1.82, 2.24) is 0 Å². The minimum absolute atomic E-state index is 0.00498. The number of carbonyl (C=O) groups is 1. The minimum atomic E-state index is 0.00498. The van der Waals surface area contributed by atoms with Gasteiger partial charge in [0.1, 0.15) is 0 Å². The first-order valence-corrected chi connectivity index (χ1v) is 16.3. The second-order valence-electron chi connectivity index (χ2n) is 11.2. The first kappa shape index (κ1) is 35.7. The molecular weight excluding hydrogens is 452 g/mol. The molecule has 0 aromatic carbocycles. The Morgan fingerprint density at radius 2 is 1.03 bits per heavy atom. The first-order chi connectivity index (χ1) is 18.2. The molecule has 2 heteroatoms. The predicted molar refractivity (Wildman–Crippen MR) is 165 cm³/mol. The Bertz CT molecular complexity index is 543. The third kappa shape index (κ3) is 32.7. The maximum atomic E-state index is 11.9. The fourth-order valence-corrected chi connectivity index (χ4v) is 4.57. The van der Waals surface area contributed by atoms with Crippen LogP contribution in [-0.2, 0) is 9.53 Å². The lowest BCUT2D eigenvalue weighted by Crippen LogP contribution is -2.05. The molecule has 216 valence electrons. The standard InChI is InChI=1S/C35H64O2/c1-4-5-6-7-8-9-10-11-12-13-17-20-23-26-29-32-35(36)37-33-30-27-24-21-18-15-14-16-19-22-25-28-31-34(2)3/h5-6,8-9,11-12,34H,4,7,10,13-33H2,1-3H3/b6-5-,9-8-,12-11-. The molecule has 0 unspecified atom stereocenters. The third-order valence-electron chi connectivity index (χ3n) is 6.97. The zero-order valence-electron chi connectivity index (χ0n) is 25.3. The Morgan fingerprint density at radius 3 is 1.59 bits per heavy atom. The molecule has 0 saturated heterocycles. The monoisotopic (exact) mass is 516 g/mol. The van der Waals surface area contributed by atoms with E-state index >= 15 is 0 Å². The van der Waals surface area contributed by atoms with Crippen LogP contribution >= 0.6 is 0 Å². The smallest absolute Gasteiger partial charge is 0.305 e. The van der Waals surface area contributed by atoms with Crippen molar-refractivity contribution in [3.8, 4) is 0 Å². The summed E-state index contributed by atoms with van der Waals surface area (Å²) in [6.45, 7) is 7.43. The highest BCUT2D eigenvalue weighted by Crippen LogP contribution is 2.14. The average molecular weight is 517 g/mol. The molecule has 0 spiro atoms. The second kappa shape index (κ2) is 30.9. The van der Waals surface area contributed by atoms with E-state index in [2.05, 4.69) is 57.2 Å². The van der Waals surface area contributed by atoms with Crippen LogP contribution in [0.1, 0.15) is 168 Å². The number of hydrogen-bond acceptors (Lipinski definition) is 2. The van der Waals surface area contributed by atoms with E-state index in [9.17, 15) is 4.79 Å². The Balaban J connectivity index is 3.25. The van der Waals surface area contributed by atoms with Crippen LogP contribution in [0, 0.1) is 5.92 Å². The van der Waals surface area contributed by atoms with Crippen LogP contribution in [0.25, 0.3) is 0 Å². The van der Waals surface area contributed by atoms with Crippen molar-refractivity contribution in [2.45, 2.75) is 168 Å². The number of hydrogen-bond donors (Lipinski definition) is 0. The lowest BCUT2D eigenvalue weighted by Gasteiger charge is -2.06. The summed E-state index contributed by atoms with van der Waals surface area (Å²) in [7, 11) is 0. The zero-order chi connectivity index (χ0) is 27.1. The number of allylic oxidation sites excluding steroid dienone is 6. The summed E-state index contributed by atoms with van der Waals surface area (Å²) in [5.74, 6) is 0.872. The van der Waals surface area contributed by atoms with E-state index in [4.69, 9.17) is 4.74 Å². The number of esters is 1. The van der Waals surface area contributed by atoms with Gasteiger partial charge in [-0.2, -0.15) is 0 Å². The fraction of sp³-hybridized carbons (Fsp3) is 0.800. The Morgan fingerprint density at radius 1 is 0.568 bits per heavy atom. The van der Waals surface area contributed by atoms with E-state index in [1.165, 1.54) is 103 Å². The molecule has 0 aliphatic heterocycles. The summed E-state index contributed by atoms with van der Waals surface area (Å²) in [4.78, 5) is 11.9. The van der Waals surface area contributed by atoms with Crippen LogP contribution < -0.4 is 0 Å². The predicted octanol–water partition coefficient (Wildman–Crippen LogP) is 11.8. The van der Waals surface area contributed by atoms with Crippen molar-refractivity contribution >= 4 is 5.97 Å². The van der Waals surface area contributed by atoms with Gasteiger partial charge < -0.3 is 4.74 Å². The molecular formula is C35H64O2. The molecule has 0 radical (unpaired) electrons. The Kier molecular flexibility index (Phi) is 29.8. The van der Waals surface area contributed by atoms with Gasteiger partial charge in [0.25, 0.3) is 0 Å². The molecule has 37 heavy (non-hydrogen) atoms. The molecule has 0 bridgehead atoms. The molecule has 0 rings (SSSR count). The highest BCUT2D eigenvalue weighted by Gasteiger charge is 2.02. The maximum Gasteiger partial charge on any atom is 0.305 e. The maximum absolute atomic E-state index is 11.9. The van der Waals surface area contributed by atoms with Gasteiger partial charge in [-0.3, -0.25) is 4.79 Å². The van der Waals surface area contributed by atoms with Gasteiger partial charge >= 0.3 is 5.97 Å². The van der Waals surface area contributed by atoms with Crippen LogP contribution in [0.4, 0.5) is 0 Å². The van der Waals surface area contributed by atoms with Crippen molar-refractivity contribution in [2.75, 3.05) is 6.61 Å². The lowest BCUT2D eigenvalue weighted by atomic mass is 10.0. The van der Waals surface area contributed by atoms with Gasteiger partial charge in [-0.05, 0) is 50.9 Å². The summed E-state index contributed by atoms with van der Waals surface area (Å²) >= 11 is 0. The molecule has 0 aliphatic carbocycles. The van der Waals surface area contributed by atoms with E-state index in [0.717, 1.165) is 44.4 Å². The number of carbonyl (C=O) groups excluding carboxylic acids is 1. The summed E-state index contributed by atoms with van der Waals surface area (Å²) < 4.78 is 5.42. The third-order valence-corrected chi connectivity index (χ3v) is 6.97. The van der Waals surface area contributed by atoms with E-state index in [0.29, 0.717) is 13.0 Å². The molecule has 0 amide bonds. The topological polar surface area (TPSA) is 26.3 Å². The fourth-order valence-electron chi connectivity index (χ4n) is 4.57. The van der Waals surface area contributed by atoms with Crippen molar-refractivity contribution in [1.29, 1.82) is 0 Å². The van der Waals surface area contributed by atoms with Gasteiger partial charge in [0.05, 0.1) is 6.61 Å². The van der Waals surface area contributed by atoms with Crippen molar-refractivity contribution in [3.63, 3.8) is 0 Å². The molecule has 0 saturated carbocycles. The quantitative estimate of drug-likeness (QED) is 0.0587. The summed E-state index contributed by atoms with van der Waals surface area (Å²) in [5.41, 5.74) is 0. The van der Waals surface area contributed by atoms with Gasteiger partial charge in [-0.25, -0.2) is 0 Å². The van der Waals surface area contributed by atoms with Gasteiger partial charge in [0.2, 0.25) is 0 Å². The molecule has 0 aromatic heterocycles. The minimum Gasteiger partial charge on any atom is -0.466 e. The van der Waals surface area contributed by atoms with E-state index in [-0.39, 0.29) is 5.97 Å². The van der Waals surface area contributed by atoms with E-state index < -0.39 is 0 Å². The van der Waals surface area contributed by atoms with Gasteiger partial charge in [0.15, 0.2) is 0 Å². The van der Waals surface area contributed by atoms with Crippen LogP contribution in [-0.4, -0.2) is 12.6 Å². The number of unbranched alkanes of at least 4 members (excludes halogenated alkanes) is 16. The molecule has 2 nitrogen and oxygen atoms in total. The van der Waals surface area contributed by atoms with Crippen molar-refractivity contribution in [3.05, 3.63) is 36.5 Å². The first-order valence-electron chi connectivity index (χ1n) is 16.3. The van der Waals surface area contributed by atoms with Crippen LogP contribution in [0.3, 0.4) is 0 Å². The zero-order valence-corrected chi connectivity index (χ0v) is 25.3. The SMILES string of the molecule is CC/C=C\C/C=C\C/C=C\CCCCCCCC(=O)OCCCCCCCCCCCCCCC(C)C. The number of rotatable bonds is 28. The highest BCUT2D eigenvalue weighted by molar-refractivity contribution is 5.69. The van der Waals surface area contributed by atoms with Crippen molar-refractivity contribution < 1.29 is 9.53 Å². The normalized spacial score (nSPS) is 12.1. The van der Waals surface area contributed by atoms with E-state index in [1.54, 1.807) is 0 Å². The van der Waals surface area contributed by atoms with Gasteiger partial charge in [-0.1, -0.05) is 154 Å². The Hall–Kier alpha value is -1.31. The van der Waals surface area contributed by atoms with Gasteiger partial charge in [-0.15, -0.1) is 0 Å². The van der Waals surface area contributed by atoms with Crippen molar-refractivity contribution in [2.24, 2.45) is 5.92 Å². The highest BCUT2D eigenvalue weighted by atomic mass is 16.5. The molecule has 0 aliphatic rings. The lowest BCUT2D eigenvalue weighted by molar-refractivity contribution is -0.143. The van der Waals surface area contributed by atoms with E-state index in [1.807, 2.05) is 0 Å². The second-order valence-corrected chi connectivity index (χ2v) is 11.2. The molecule has 0 aromatic rings. The molecule has 0 N–H and O–H groups in total. The molecule has 0 atom stereocenters. The van der Waals surface area contributed by atoms with Gasteiger partial charge in [0, 0.05) is 6.42 Å². The Labute approximate surface area is 232 Å². The largest absolute Gasteiger partial charge is 0.466 e. The summed E-state index contributed by atoms with van der Waals surface area (Å²) in [5, 5.41) is 0. The molecule has 0 fully saturated rings. The molecule has 0 heterocycles. The summed E-state index contributed by atoms with van der Waals surface area (Å²) in [6, 6.07) is 0. The average Bonchev–Trinajstić information content (AvgIpc) is 2.88. The van der Waals surface area contributed by atoms with Crippen LogP contribution in [0.15, 0.2) is 36.5 Å². The van der Waals surface area contributed by atoms with Crippen LogP contribution in [0.2, 0.25) is 0 Å². The number of ether oxygens (including phenoxy) is 1.